The van der Waals surface area contributed by atoms with Crippen LogP contribution in [0.25, 0.3) is 22.0 Å². The van der Waals surface area contributed by atoms with E-state index in [4.69, 9.17) is 39.6 Å². The van der Waals surface area contributed by atoms with Gasteiger partial charge in [-0.15, -0.1) is 0 Å². The fraction of sp³-hybridized carbons (Fsp3) is 0.393. The van der Waals surface area contributed by atoms with Gasteiger partial charge < -0.3 is 76.3 Å². The number of aliphatic hydroxyl groups is 1. The van der Waals surface area contributed by atoms with Crippen molar-refractivity contribution in [3.8, 4) is 5.75 Å². The number of benzene rings is 3. The van der Waals surface area contributed by atoms with E-state index in [1.165, 1.54) is 24.8 Å². The number of unbranched alkanes of at least 4 members (excludes halogenated alkanes) is 2. The number of methoxy groups -OCH3 is 1. The number of amidine groups is 1. The topological polar surface area (TPSA) is 369 Å². The van der Waals surface area contributed by atoms with Crippen molar-refractivity contribution in [1.82, 2.24) is 46.9 Å². The number of hydrogen-bond donors (Lipinski definition) is 11. The van der Waals surface area contributed by atoms with Crippen LogP contribution in [0.5, 0.6) is 5.75 Å². The summed E-state index contributed by atoms with van der Waals surface area (Å²) in [4.78, 5) is 97.4. The number of nitrogens with one attached hydrogen (secondary N) is 8. The number of para-hydroxylation sites is 1. The molecule has 0 saturated carbocycles. The van der Waals surface area contributed by atoms with Gasteiger partial charge in [-0.2, -0.15) is 0 Å². The number of nitrogen functional groups attached to an aromatic ring is 1. The summed E-state index contributed by atoms with van der Waals surface area (Å²) in [5.41, 5.74) is 11.9. The van der Waals surface area contributed by atoms with E-state index in [0.29, 0.717) is 52.6 Å². The Labute approximate surface area is 465 Å². The van der Waals surface area contributed by atoms with Gasteiger partial charge in [0, 0.05) is 66.8 Å². The molecule has 0 bridgehead atoms. The summed E-state index contributed by atoms with van der Waals surface area (Å²) in [6.45, 7) is 3.25. The lowest BCUT2D eigenvalue weighted by atomic mass is 10.0. The molecule has 5 heterocycles. The summed E-state index contributed by atoms with van der Waals surface area (Å²) in [6.07, 6.45) is -1.05. The van der Waals surface area contributed by atoms with Gasteiger partial charge in [0.05, 0.1) is 32.5 Å². The van der Waals surface area contributed by atoms with Crippen LogP contribution >= 0.6 is 0 Å². The monoisotopic (exact) mass is 1110 g/mol. The number of carboxylic acid groups (broad SMARTS) is 1. The first-order chi connectivity index (χ1) is 39.2. The third-order valence-corrected chi connectivity index (χ3v) is 13.5. The zero-order valence-corrected chi connectivity index (χ0v) is 44.8. The minimum Gasteiger partial charge on any atom is -0.494 e. The highest BCUT2D eigenvalue weighted by atomic mass is 16.6. The standard InChI is InChI=1S/C56H66N12O13/c1-3-4-25-78-56(76)66-47(50(67-51(71)46-48(77-2)37-10-6-7-11-39(37)62-46)65-45(70)28-36-27-41(68-81-36)32-14-16-33(17-15-32)49(57)58)55(75)79-30-31-13-20-43-42(26-31)64-53(80-43)52(72)63-40(54(73)74)22-24-60-44(69)12-8-5-9-35-19-18-34-29-59-23-21-38(34)61-35/h6-7,10-11,13-20,26,36,40,47,50,55,59,62,75H,3-5,8-9,12,21-25,27-30H2,1-2H3,(H3,57,58)(H,60,69)(H,63,72)(H,65,70)(H,66,76)(H,67,71)(H,73,74)/t36?,40-,47?,50+,55?/m0/s1. The van der Waals surface area contributed by atoms with Crippen molar-refractivity contribution < 1.29 is 62.4 Å². The number of oxazole rings is 1. The third kappa shape index (κ3) is 15.7. The summed E-state index contributed by atoms with van der Waals surface area (Å²) in [6, 6.07) is 19.4. The summed E-state index contributed by atoms with van der Waals surface area (Å²) < 4.78 is 22.6. The van der Waals surface area contributed by atoms with Crippen molar-refractivity contribution in [3.63, 3.8) is 0 Å². The number of aromatic amines is 1. The Kier molecular flexibility index (Phi) is 20.0. The Balaban J connectivity index is 0.905. The van der Waals surface area contributed by atoms with Crippen LogP contribution in [0.15, 0.2) is 88.4 Å². The van der Waals surface area contributed by atoms with Gasteiger partial charge in [0.15, 0.2) is 17.6 Å². The van der Waals surface area contributed by atoms with Crippen molar-refractivity contribution in [2.24, 2.45) is 10.9 Å². The second kappa shape index (κ2) is 27.8. The highest BCUT2D eigenvalue weighted by Crippen LogP contribution is 2.30. The van der Waals surface area contributed by atoms with Gasteiger partial charge in [-0.25, -0.2) is 14.6 Å². The van der Waals surface area contributed by atoms with Crippen LogP contribution in [0.1, 0.15) is 113 Å². The van der Waals surface area contributed by atoms with E-state index in [1.54, 1.807) is 54.6 Å². The number of alkyl carbamates (subject to hydrolysis) is 1. The predicted octanol–water partition coefficient (Wildman–Crippen LogP) is 3.93. The number of pyridine rings is 1. The maximum atomic E-state index is 14.2. The first-order valence-corrected chi connectivity index (χ1v) is 26.7. The smallest absolute Gasteiger partial charge is 0.407 e. The highest BCUT2D eigenvalue weighted by molar-refractivity contribution is 6.04. The number of H-pyrrole nitrogens is 1. The number of amides is 5. The number of oxime groups is 1. The maximum absolute atomic E-state index is 14.2. The molecule has 3 aromatic carbocycles. The number of aliphatic carboxylic acids is 1. The van der Waals surface area contributed by atoms with Crippen molar-refractivity contribution >= 4 is 69.2 Å². The molecule has 25 heteroatoms. The molecule has 0 spiro atoms. The fourth-order valence-electron chi connectivity index (χ4n) is 9.19. The Hall–Kier alpha value is -8.94. The van der Waals surface area contributed by atoms with Crippen LogP contribution in [0.2, 0.25) is 0 Å². The molecule has 8 rings (SSSR count). The van der Waals surface area contributed by atoms with Gasteiger partial charge in [-0.05, 0) is 79.1 Å². The largest absolute Gasteiger partial charge is 0.494 e. The molecule has 12 N–H and O–H groups in total. The SMILES string of the molecule is CCCCOC(=O)NC(C(O)OCc1ccc2oc(C(=O)N[C@@H](CCNC(=O)CCCCc3ccc4c(n3)CCNC4)C(=O)O)nc2c1)[C@H](NC(=O)CC1CC(c2ccc(C(=N)N)cc2)=NO1)NC(=O)c1[nH]c2ccccc2c1OC. The number of carbonyl (C=O) groups is 6. The van der Waals surface area contributed by atoms with Crippen LogP contribution in [0, 0.1) is 5.41 Å². The molecule has 0 fully saturated rings. The molecule has 25 nitrogen and oxygen atoms in total. The normalized spacial score (nSPS) is 15.2. The molecule has 2 aliphatic rings. The van der Waals surface area contributed by atoms with E-state index < -0.39 is 66.3 Å². The van der Waals surface area contributed by atoms with E-state index in [0.717, 1.165) is 43.7 Å². The van der Waals surface area contributed by atoms with Crippen LogP contribution in [-0.4, -0.2) is 130 Å². The van der Waals surface area contributed by atoms with Crippen molar-refractivity contribution in [1.29, 1.82) is 5.41 Å². The molecule has 81 heavy (non-hydrogen) atoms. The molecule has 428 valence electrons. The minimum atomic E-state index is -1.97. The van der Waals surface area contributed by atoms with Crippen LogP contribution in [0.3, 0.4) is 0 Å². The number of aliphatic hydroxyl groups excluding tert-OH is 1. The Morgan fingerprint density at radius 1 is 0.926 bits per heavy atom. The fourth-order valence-corrected chi connectivity index (χ4v) is 9.19. The average Bonchev–Trinajstić information content (AvgIpc) is 4.45. The minimum absolute atomic E-state index is 0.0131. The summed E-state index contributed by atoms with van der Waals surface area (Å²) in [5.74, 6) is -4.32. The van der Waals surface area contributed by atoms with Gasteiger partial charge >= 0.3 is 18.0 Å². The zero-order valence-electron chi connectivity index (χ0n) is 44.8. The molecule has 5 atom stereocenters. The number of fused-ring (bicyclic) bond motifs is 3. The Morgan fingerprint density at radius 3 is 2.52 bits per heavy atom. The summed E-state index contributed by atoms with van der Waals surface area (Å²) in [5, 5.41) is 50.6. The van der Waals surface area contributed by atoms with E-state index in [9.17, 15) is 39.0 Å². The highest BCUT2D eigenvalue weighted by Gasteiger charge is 2.37. The third-order valence-electron chi connectivity index (χ3n) is 13.5. The van der Waals surface area contributed by atoms with Gasteiger partial charge in [-0.3, -0.25) is 29.6 Å². The van der Waals surface area contributed by atoms with Crippen LogP contribution < -0.4 is 42.4 Å². The van der Waals surface area contributed by atoms with Crippen LogP contribution in [0.4, 0.5) is 4.79 Å². The maximum Gasteiger partial charge on any atom is 0.407 e. The number of carboxylic acids is 1. The van der Waals surface area contributed by atoms with Crippen molar-refractivity contribution in [2.45, 2.75) is 115 Å². The number of aryl methyl sites for hydroxylation is 1. The molecular formula is C56H66N12O13. The van der Waals surface area contributed by atoms with E-state index in [1.807, 2.05) is 13.0 Å². The lowest BCUT2D eigenvalue weighted by Gasteiger charge is -2.32. The first-order valence-electron chi connectivity index (χ1n) is 26.7. The van der Waals surface area contributed by atoms with Gasteiger partial charge in [0.2, 0.25) is 11.8 Å². The lowest BCUT2D eigenvalue weighted by Crippen LogP contribution is -2.64. The quantitative estimate of drug-likeness (QED) is 0.0143. The molecule has 0 aliphatic carbocycles. The molecule has 0 saturated heterocycles. The molecular weight excluding hydrogens is 1050 g/mol. The second-order valence-corrected chi connectivity index (χ2v) is 19.5. The van der Waals surface area contributed by atoms with Crippen molar-refractivity contribution in [3.05, 3.63) is 124 Å². The van der Waals surface area contributed by atoms with Gasteiger partial charge in [0.1, 0.15) is 41.4 Å². The summed E-state index contributed by atoms with van der Waals surface area (Å²) >= 11 is 0. The number of nitrogens with zero attached hydrogens (tertiary/aromatic N) is 3. The lowest BCUT2D eigenvalue weighted by molar-refractivity contribution is -0.140. The van der Waals surface area contributed by atoms with E-state index in [-0.39, 0.29) is 79.7 Å². The Morgan fingerprint density at radius 2 is 1.74 bits per heavy atom. The molecule has 3 aromatic heterocycles. The molecule has 6 aromatic rings. The zero-order chi connectivity index (χ0) is 57.4. The molecule has 3 unspecified atom stereocenters. The van der Waals surface area contributed by atoms with E-state index in [2.05, 4.69) is 53.1 Å². The predicted molar refractivity (Wildman–Crippen MR) is 294 cm³/mol. The summed E-state index contributed by atoms with van der Waals surface area (Å²) in [7, 11) is 1.39. The van der Waals surface area contributed by atoms with Crippen LogP contribution in [-0.2, 0) is 54.7 Å². The molecule has 2 aliphatic heterocycles. The Bertz CT molecular complexity index is 3270. The molecule has 0 radical (unpaired) electrons. The number of aromatic nitrogens is 3. The number of rotatable bonds is 28. The van der Waals surface area contributed by atoms with Gasteiger partial charge in [-0.1, -0.05) is 67.0 Å². The number of carbonyl (C=O) groups excluding carboxylic acids is 5. The molecule has 5 amide bonds. The second-order valence-electron chi connectivity index (χ2n) is 19.5. The number of nitrogens with two attached hydrogens (primary N) is 1. The van der Waals surface area contributed by atoms with Gasteiger partial charge in [0.25, 0.3) is 11.8 Å². The first kappa shape index (κ1) is 58.2. The van der Waals surface area contributed by atoms with Crippen molar-refractivity contribution in [2.75, 3.05) is 26.8 Å². The average molecular weight is 1120 g/mol. The van der Waals surface area contributed by atoms with E-state index >= 15 is 0 Å². The number of ether oxygens (including phenoxy) is 3. The number of hydrogen-bond acceptors (Lipinski definition) is 17.